The van der Waals surface area contributed by atoms with Gasteiger partial charge in [-0.15, -0.1) is 0 Å². The summed E-state index contributed by atoms with van der Waals surface area (Å²) in [6, 6.07) is 11.9. The zero-order valence-corrected chi connectivity index (χ0v) is 15.8. The molecule has 0 spiro atoms. The molecule has 0 saturated carbocycles. The van der Waals surface area contributed by atoms with E-state index in [1.807, 2.05) is 0 Å². The van der Waals surface area contributed by atoms with Crippen molar-refractivity contribution in [2.75, 3.05) is 18.4 Å². The van der Waals surface area contributed by atoms with Gasteiger partial charge in [0.25, 0.3) is 5.69 Å². The lowest BCUT2D eigenvalue weighted by Gasteiger charge is -2.15. The van der Waals surface area contributed by atoms with Gasteiger partial charge in [0.15, 0.2) is 0 Å². The Bertz CT molecular complexity index is 1010. The quantitative estimate of drug-likeness (QED) is 0.454. The molecule has 1 aliphatic rings. The van der Waals surface area contributed by atoms with Crippen molar-refractivity contribution in [2.24, 2.45) is 0 Å². The first-order valence-corrected chi connectivity index (χ1v) is 10.1. The van der Waals surface area contributed by atoms with Crippen molar-refractivity contribution in [3.05, 3.63) is 70.3 Å². The van der Waals surface area contributed by atoms with Gasteiger partial charge in [-0.2, -0.15) is 4.31 Å². The third-order valence-electron chi connectivity index (χ3n) is 4.33. The van der Waals surface area contributed by atoms with Gasteiger partial charge in [0.2, 0.25) is 15.9 Å². The lowest BCUT2D eigenvalue weighted by molar-refractivity contribution is -0.384. The van der Waals surface area contributed by atoms with Crippen LogP contribution in [-0.2, 0) is 14.8 Å². The van der Waals surface area contributed by atoms with Crippen LogP contribution in [0.25, 0.3) is 6.08 Å². The summed E-state index contributed by atoms with van der Waals surface area (Å²) in [7, 11) is -3.49. The second kappa shape index (κ2) is 8.32. The van der Waals surface area contributed by atoms with Gasteiger partial charge in [-0.25, -0.2) is 8.42 Å². The predicted octanol–water partition coefficient (Wildman–Crippen LogP) is 3.03. The fourth-order valence-corrected chi connectivity index (χ4v) is 4.40. The molecule has 3 rings (SSSR count). The molecular formula is C19H19N3O5S. The Kier molecular flexibility index (Phi) is 5.86. The minimum absolute atomic E-state index is 0.0580. The lowest BCUT2D eigenvalue weighted by Crippen LogP contribution is -2.27. The van der Waals surface area contributed by atoms with E-state index in [0.717, 1.165) is 12.8 Å². The van der Waals surface area contributed by atoms with Gasteiger partial charge in [0.05, 0.1) is 9.82 Å². The van der Waals surface area contributed by atoms with E-state index in [-0.39, 0.29) is 10.6 Å². The number of non-ortho nitro benzene ring substituents is 1. The van der Waals surface area contributed by atoms with Crippen molar-refractivity contribution in [1.29, 1.82) is 0 Å². The van der Waals surface area contributed by atoms with Gasteiger partial charge >= 0.3 is 0 Å². The summed E-state index contributed by atoms with van der Waals surface area (Å²) < 4.78 is 26.4. The number of rotatable bonds is 6. The first kappa shape index (κ1) is 19.7. The monoisotopic (exact) mass is 401 g/mol. The van der Waals surface area contributed by atoms with Gasteiger partial charge in [-0.1, -0.05) is 12.1 Å². The number of carbonyl (C=O) groups is 1. The highest BCUT2D eigenvalue weighted by atomic mass is 32.2. The van der Waals surface area contributed by atoms with E-state index >= 15 is 0 Å². The average Bonchev–Trinajstić information content (AvgIpc) is 3.23. The van der Waals surface area contributed by atoms with Crippen LogP contribution in [0.5, 0.6) is 0 Å². The zero-order valence-electron chi connectivity index (χ0n) is 14.9. The molecule has 1 amide bonds. The number of anilines is 1. The number of nitrogens with zero attached hydrogens (tertiary/aromatic N) is 2. The second-order valence-corrected chi connectivity index (χ2v) is 8.25. The van der Waals surface area contributed by atoms with Gasteiger partial charge in [-0.3, -0.25) is 14.9 Å². The average molecular weight is 401 g/mol. The summed E-state index contributed by atoms with van der Waals surface area (Å²) >= 11 is 0. The van der Waals surface area contributed by atoms with Gasteiger partial charge in [-0.05, 0) is 48.7 Å². The fraction of sp³-hybridized carbons (Fsp3) is 0.211. The van der Waals surface area contributed by atoms with Crippen LogP contribution in [0, 0.1) is 10.1 Å². The van der Waals surface area contributed by atoms with Crippen LogP contribution in [0.15, 0.2) is 59.5 Å². The van der Waals surface area contributed by atoms with Crippen molar-refractivity contribution in [2.45, 2.75) is 17.7 Å². The highest BCUT2D eigenvalue weighted by Gasteiger charge is 2.26. The number of nitro benzene ring substituents is 1. The summed E-state index contributed by atoms with van der Waals surface area (Å²) in [5, 5.41) is 13.4. The molecule has 0 atom stereocenters. The molecule has 0 radical (unpaired) electrons. The predicted molar refractivity (Wildman–Crippen MR) is 105 cm³/mol. The highest BCUT2D eigenvalue weighted by Crippen LogP contribution is 2.22. The molecule has 1 saturated heterocycles. The van der Waals surface area contributed by atoms with E-state index in [9.17, 15) is 23.3 Å². The van der Waals surface area contributed by atoms with E-state index in [1.54, 1.807) is 6.07 Å². The number of carbonyl (C=O) groups excluding carboxylic acids is 1. The van der Waals surface area contributed by atoms with Crippen molar-refractivity contribution < 1.29 is 18.1 Å². The minimum atomic E-state index is -3.49. The zero-order chi connectivity index (χ0) is 20.1. The highest BCUT2D eigenvalue weighted by molar-refractivity contribution is 7.89. The van der Waals surface area contributed by atoms with Crippen molar-refractivity contribution >= 4 is 33.4 Å². The van der Waals surface area contributed by atoms with Crippen LogP contribution < -0.4 is 5.32 Å². The molecule has 2 aromatic carbocycles. The van der Waals surface area contributed by atoms with Gasteiger partial charge in [0, 0.05) is 37.0 Å². The van der Waals surface area contributed by atoms with Crippen LogP contribution in [-0.4, -0.2) is 36.6 Å². The topological polar surface area (TPSA) is 110 Å². The van der Waals surface area contributed by atoms with Crippen molar-refractivity contribution in [3.8, 4) is 0 Å². The molecule has 0 aliphatic carbocycles. The van der Waals surface area contributed by atoms with E-state index in [2.05, 4.69) is 5.32 Å². The Labute approximate surface area is 162 Å². The molecule has 146 valence electrons. The molecule has 1 heterocycles. The molecule has 1 fully saturated rings. The largest absolute Gasteiger partial charge is 0.323 e. The summed E-state index contributed by atoms with van der Waals surface area (Å²) in [6.07, 6.45) is 4.46. The normalized spacial score (nSPS) is 15.0. The molecule has 0 bridgehead atoms. The Balaban J connectivity index is 1.64. The number of sulfonamides is 1. The number of benzene rings is 2. The van der Waals surface area contributed by atoms with Crippen LogP contribution in [0.2, 0.25) is 0 Å². The summed E-state index contributed by atoms with van der Waals surface area (Å²) in [4.78, 5) is 22.5. The molecule has 0 unspecified atom stereocenters. The summed E-state index contributed by atoms with van der Waals surface area (Å²) in [5.74, 6) is -0.429. The van der Waals surface area contributed by atoms with E-state index in [0.29, 0.717) is 24.3 Å². The first-order chi connectivity index (χ1) is 13.4. The van der Waals surface area contributed by atoms with Crippen LogP contribution in [0.4, 0.5) is 11.4 Å². The maximum Gasteiger partial charge on any atom is 0.270 e. The van der Waals surface area contributed by atoms with Crippen LogP contribution in [0.3, 0.4) is 0 Å². The molecular weight excluding hydrogens is 382 g/mol. The Hall–Kier alpha value is -3.04. The standard InChI is InChI=1S/C19H19N3O5S/c23-19(11-6-15-4-3-5-17(14-15)22(24)25)20-16-7-9-18(10-8-16)28(26,27)21-12-1-2-13-21/h3-11,14H,1-2,12-13H2,(H,20,23)/b11-6+. The summed E-state index contributed by atoms with van der Waals surface area (Å²) in [5.41, 5.74) is 0.919. The molecule has 9 heteroatoms. The third-order valence-corrected chi connectivity index (χ3v) is 6.25. The van der Waals surface area contributed by atoms with E-state index < -0.39 is 20.9 Å². The molecule has 1 N–H and O–H groups in total. The first-order valence-electron chi connectivity index (χ1n) is 8.70. The SMILES string of the molecule is O=C(/C=C/c1cccc([N+](=O)[O-])c1)Nc1ccc(S(=O)(=O)N2CCCC2)cc1. The smallest absolute Gasteiger partial charge is 0.270 e. The Morgan fingerprint density at radius 3 is 2.43 bits per heavy atom. The van der Waals surface area contributed by atoms with Crippen LogP contribution in [0.1, 0.15) is 18.4 Å². The third kappa shape index (κ3) is 4.62. The molecule has 1 aliphatic heterocycles. The van der Waals surface area contributed by atoms with Crippen molar-refractivity contribution in [1.82, 2.24) is 4.31 Å². The maximum absolute atomic E-state index is 12.5. The van der Waals surface area contributed by atoms with Crippen LogP contribution >= 0.6 is 0 Å². The molecule has 28 heavy (non-hydrogen) atoms. The molecule has 0 aromatic heterocycles. The number of hydrogen-bond donors (Lipinski definition) is 1. The lowest BCUT2D eigenvalue weighted by atomic mass is 10.2. The Morgan fingerprint density at radius 2 is 1.79 bits per heavy atom. The number of hydrogen-bond acceptors (Lipinski definition) is 5. The number of amides is 1. The number of nitrogens with one attached hydrogen (secondary N) is 1. The minimum Gasteiger partial charge on any atom is -0.323 e. The van der Waals surface area contributed by atoms with E-state index in [1.165, 1.54) is 58.9 Å². The Morgan fingerprint density at radius 1 is 1.11 bits per heavy atom. The number of nitro groups is 1. The van der Waals surface area contributed by atoms with Gasteiger partial charge in [0.1, 0.15) is 0 Å². The van der Waals surface area contributed by atoms with E-state index in [4.69, 9.17) is 0 Å². The summed E-state index contributed by atoms with van der Waals surface area (Å²) in [6.45, 7) is 1.06. The van der Waals surface area contributed by atoms with Crippen molar-refractivity contribution in [3.63, 3.8) is 0 Å². The maximum atomic E-state index is 12.5. The molecule has 2 aromatic rings. The fourth-order valence-electron chi connectivity index (χ4n) is 2.89. The second-order valence-electron chi connectivity index (χ2n) is 6.31. The molecule has 8 nitrogen and oxygen atoms in total. The van der Waals surface area contributed by atoms with Gasteiger partial charge < -0.3 is 5.32 Å².